The summed E-state index contributed by atoms with van der Waals surface area (Å²) in [5.74, 6) is 0. The third kappa shape index (κ3) is 1.80. The van der Waals surface area contributed by atoms with Gasteiger partial charge in [-0.2, -0.15) is 0 Å². The Labute approximate surface area is 80.4 Å². The van der Waals surface area contributed by atoms with Crippen LogP contribution in [0.5, 0.6) is 0 Å². The number of halogens is 1. The average Bonchev–Trinajstić information content (AvgIpc) is 2.31. The zero-order valence-electron chi connectivity index (χ0n) is 6.59. The Hall–Kier alpha value is -0.100. The monoisotopic (exact) mass is 225 g/mol. The SMILES string of the molecule is CNS(=O)(=O)c1cc(C)sc1Cl. The van der Waals surface area contributed by atoms with Crippen molar-refractivity contribution in [1.82, 2.24) is 4.72 Å². The van der Waals surface area contributed by atoms with Gasteiger partial charge < -0.3 is 0 Å². The maximum atomic E-state index is 11.2. The van der Waals surface area contributed by atoms with E-state index in [2.05, 4.69) is 4.72 Å². The van der Waals surface area contributed by atoms with Gasteiger partial charge in [0.25, 0.3) is 0 Å². The van der Waals surface area contributed by atoms with Crippen LogP contribution in [-0.2, 0) is 10.0 Å². The van der Waals surface area contributed by atoms with Gasteiger partial charge in [-0.3, -0.25) is 0 Å². The van der Waals surface area contributed by atoms with Gasteiger partial charge in [-0.05, 0) is 20.0 Å². The highest BCUT2D eigenvalue weighted by Gasteiger charge is 2.17. The molecular formula is C6H8ClNO2S2. The number of hydrogen-bond acceptors (Lipinski definition) is 3. The molecule has 0 saturated carbocycles. The Morgan fingerprint density at radius 3 is 2.50 bits per heavy atom. The normalized spacial score (nSPS) is 11.9. The summed E-state index contributed by atoms with van der Waals surface area (Å²) in [5.41, 5.74) is 0. The number of thiophene rings is 1. The summed E-state index contributed by atoms with van der Waals surface area (Å²) in [7, 11) is -2.02. The molecule has 0 unspecified atom stereocenters. The van der Waals surface area contributed by atoms with Crippen LogP contribution in [-0.4, -0.2) is 15.5 Å². The maximum Gasteiger partial charge on any atom is 0.242 e. The van der Waals surface area contributed by atoms with E-state index in [0.29, 0.717) is 4.34 Å². The van der Waals surface area contributed by atoms with Crippen LogP contribution in [0.4, 0.5) is 0 Å². The van der Waals surface area contributed by atoms with E-state index < -0.39 is 10.0 Å². The number of nitrogens with one attached hydrogen (secondary N) is 1. The highest BCUT2D eigenvalue weighted by Crippen LogP contribution is 2.30. The lowest BCUT2D eigenvalue weighted by Gasteiger charge is -1.97. The fourth-order valence-corrected chi connectivity index (χ4v) is 3.39. The molecule has 0 aliphatic rings. The first-order chi connectivity index (χ1) is 5.47. The predicted octanol–water partition coefficient (Wildman–Crippen LogP) is 1.62. The molecule has 68 valence electrons. The molecule has 12 heavy (non-hydrogen) atoms. The first-order valence-electron chi connectivity index (χ1n) is 3.17. The van der Waals surface area contributed by atoms with E-state index in [1.807, 2.05) is 6.92 Å². The van der Waals surface area contributed by atoms with Crippen LogP contribution in [0.1, 0.15) is 4.88 Å². The molecule has 0 aromatic carbocycles. The highest BCUT2D eigenvalue weighted by atomic mass is 35.5. The third-order valence-electron chi connectivity index (χ3n) is 1.34. The molecule has 0 amide bonds. The lowest BCUT2D eigenvalue weighted by Crippen LogP contribution is -2.18. The van der Waals surface area contributed by atoms with E-state index in [9.17, 15) is 8.42 Å². The van der Waals surface area contributed by atoms with Crippen molar-refractivity contribution in [2.45, 2.75) is 11.8 Å². The van der Waals surface area contributed by atoms with Crippen LogP contribution < -0.4 is 4.72 Å². The summed E-state index contributed by atoms with van der Waals surface area (Å²) < 4.78 is 25.0. The summed E-state index contributed by atoms with van der Waals surface area (Å²) >= 11 is 6.97. The van der Waals surface area contributed by atoms with Crippen LogP contribution in [0, 0.1) is 6.92 Å². The van der Waals surface area contributed by atoms with Gasteiger partial charge in [0.05, 0.1) is 0 Å². The maximum absolute atomic E-state index is 11.2. The molecule has 1 N–H and O–H groups in total. The molecule has 1 aromatic heterocycles. The molecule has 3 nitrogen and oxygen atoms in total. The van der Waals surface area contributed by atoms with E-state index in [4.69, 9.17) is 11.6 Å². The number of rotatable bonds is 2. The van der Waals surface area contributed by atoms with Gasteiger partial charge in [0.2, 0.25) is 10.0 Å². The topological polar surface area (TPSA) is 46.2 Å². The number of aryl methyl sites for hydroxylation is 1. The van der Waals surface area contributed by atoms with Crippen molar-refractivity contribution in [2.75, 3.05) is 7.05 Å². The Balaban J connectivity index is 3.29. The summed E-state index contributed by atoms with van der Waals surface area (Å²) in [6, 6.07) is 1.55. The van der Waals surface area contributed by atoms with Crippen molar-refractivity contribution >= 4 is 33.0 Å². The van der Waals surface area contributed by atoms with E-state index >= 15 is 0 Å². The molecule has 0 saturated heterocycles. The van der Waals surface area contributed by atoms with Crippen LogP contribution in [0.3, 0.4) is 0 Å². The predicted molar refractivity (Wildman–Crippen MR) is 50.3 cm³/mol. The molecule has 1 heterocycles. The van der Waals surface area contributed by atoms with Gasteiger partial charge in [0.1, 0.15) is 9.23 Å². The molecule has 0 radical (unpaired) electrons. The van der Waals surface area contributed by atoms with E-state index in [1.165, 1.54) is 18.4 Å². The standard InChI is InChI=1S/C6H8ClNO2S2/c1-4-3-5(6(7)11-4)12(9,10)8-2/h3,8H,1-2H3. The quantitative estimate of drug-likeness (QED) is 0.832. The fraction of sp³-hybridized carbons (Fsp3) is 0.333. The first kappa shape index (κ1) is 9.98. The Morgan fingerprint density at radius 2 is 2.17 bits per heavy atom. The second-order valence-electron chi connectivity index (χ2n) is 2.20. The Morgan fingerprint density at radius 1 is 1.58 bits per heavy atom. The second kappa shape index (κ2) is 3.33. The highest BCUT2D eigenvalue weighted by molar-refractivity contribution is 7.89. The van der Waals surface area contributed by atoms with E-state index in [0.717, 1.165) is 4.88 Å². The Kier molecular flexibility index (Phi) is 2.77. The van der Waals surface area contributed by atoms with Crippen LogP contribution in [0.15, 0.2) is 11.0 Å². The van der Waals surface area contributed by atoms with Crippen LogP contribution in [0.2, 0.25) is 4.34 Å². The number of hydrogen-bond donors (Lipinski definition) is 1. The fourth-order valence-electron chi connectivity index (χ4n) is 0.756. The largest absolute Gasteiger partial charge is 0.242 e. The van der Waals surface area contributed by atoms with E-state index in [-0.39, 0.29) is 4.90 Å². The molecule has 0 atom stereocenters. The molecule has 0 fully saturated rings. The molecule has 0 aliphatic carbocycles. The molecule has 1 rings (SSSR count). The minimum atomic E-state index is -3.38. The van der Waals surface area contributed by atoms with Crippen molar-refractivity contribution in [1.29, 1.82) is 0 Å². The van der Waals surface area contributed by atoms with Gasteiger partial charge in [-0.1, -0.05) is 11.6 Å². The van der Waals surface area contributed by atoms with E-state index in [1.54, 1.807) is 6.07 Å². The molecule has 0 bridgehead atoms. The zero-order chi connectivity index (χ0) is 9.35. The minimum Gasteiger partial charge on any atom is -0.214 e. The Bertz CT molecular complexity index is 382. The van der Waals surface area contributed by atoms with Crippen molar-refractivity contribution < 1.29 is 8.42 Å². The van der Waals surface area contributed by atoms with Gasteiger partial charge in [-0.25, -0.2) is 13.1 Å². The lowest BCUT2D eigenvalue weighted by molar-refractivity contribution is 0.588. The summed E-state index contributed by atoms with van der Waals surface area (Å²) in [6.45, 7) is 1.81. The van der Waals surface area contributed by atoms with Gasteiger partial charge in [-0.15, -0.1) is 11.3 Å². The second-order valence-corrected chi connectivity index (χ2v) is 5.92. The zero-order valence-corrected chi connectivity index (χ0v) is 8.98. The molecular weight excluding hydrogens is 218 g/mol. The van der Waals surface area contributed by atoms with Gasteiger partial charge in [0, 0.05) is 4.88 Å². The van der Waals surface area contributed by atoms with Gasteiger partial charge in [0.15, 0.2) is 0 Å². The third-order valence-corrected chi connectivity index (χ3v) is 4.29. The van der Waals surface area contributed by atoms with Crippen molar-refractivity contribution in [3.63, 3.8) is 0 Å². The molecule has 1 aromatic rings. The molecule has 0 aliphatic heterocycles. The summed E-state index contributed by atoms with van der Waals surface area (Å²) in [6.07, 6.45) is 0. The molecule has 0 spiro atoms. The first-order valence-corrected chi connectivity index (χ1v) is 5.84. The van der Waals surface area contributed by atoms with Crippen LogP contribution in [0.25, 0.3) is 0 Å². The van der Waals surface area contributed by atoms with Crippen molar-refractivity contribution in [3.05, 3.63) is 15.3 Å². The summed E-state index contributed by atoms with van der Waals surface area (Å²) in [5, 5.41) is 0. The summed E-state index contributed by atoms with van der Waals surface area (Å²) in [4.78, 5) is 1.04. The smallest absolute Gasteiger partial charge is 0.214 e. The van der Waals surface area contributed by atoms with Crippen molar-refractivity contribution in [2.24, 2.45) is 0 Å². The minimum absolute atomic E-state index is 0.161. The van der Waals surface area contributed by atoms with Crippen LogP contribution >= 0.6 is 22.9 Å². The number of sulfonamides is 1. The molecule has 6 heteroatoms. The average molecular weight is 226 g/mol. The van der Waals surface area contributed by atoms with Gasteiger partial charge >= 0.3 is 0 Å². The lowest BCUT2D eigenvalue weighted by atomic mass is 10.5. The van der Waals surface area contributed by atoms with Crippen molar-refractivity contribution in [3.8, 4) is 0 Å².